The minimum atomic E-state index is -0.307. The average Bonchev–Trinajstić information content (AvgIpc) is 2.91. The van der Waals surface area contributed by atoms with Gasteiger partial charge in [0.2, 0.25) is 0 Å². The molecule has 1 aromatic carbocycles. The lowest BCUT2D eigenvalue weighted by atomic mass is 9.93. The number of hydrogen-bond donors (Lipinski definition) is 2. The van der Waals surface area contributed by atoms with Crippen LogP contribution < -0.4 is 5.32 Å². The zero-order chi connectivity index (χ0) is 14.8. The van der Waals surface area contributed by atoms with Gasteiger partial charge in [0.1, 0.15) is 0 Å². The number of aromatic nitrogens is 2. The van der Waals surface area contributed by atoms with Crippen LogP contribution in [0.2, 0.25) is 0 Å². The van der Waals surface area contributed by atoms with Gasteiger partial charge in [-0.05, 0) is 17.5 Å². The number of rotatable bonds is 2. The number of hydrogen-bond acceptors (Lipinski definition) is 3. The van der Waals surface area contributed by atoms with Crippen molar-refractivity contribution in [1.29, 1.82) is 0 Å². The Bertz CT molecular complexity index is 653. The molecule has 0 spiro atoms. The van der Waals surface area contributed by atoms with Gasteiger partial charge < -0.3 is 10.0 Å². The van der Waals surface area contributed by atoms with E-state index < -0.39 is 0 Å². The van der Waals surface area contributed by atoms with Crippen molar-refractivity contribution in [2.24, 2.45) is 7.05 Å². The van der Waals surface area contributed by atoms with E-state index in [9.17, 15) is 9.90 Å². The molecule has 2 N–H and O–H groups in total. The Morgan fingerprint density at radius 1 is 1.43 bits per heavy atom. The van der Waals surface area contributed by atoms with Crippen molar-refractivity contribution in [3.63, 3.8) is 0 Å². The highest BCUT2D eigenvalue weighted by atomic mass is 16.3. The van der Waals surface area contributed by atoms with E-state index in [0.29, 0.717) is 12.4 Å². The Morgan fingerprint density at radius 3 is 2.95 bits per heavy atom. The van der Waals surface area contributed by atoms with Gasteiger partial charge in [0, 0.05) is 25.9 Å². The van der Waals surface area contributed by atoms with Crippen LogP contribution in [0.3, 0.4) is 0 Å². The van der Waals surface area contributed by atoms with E-state index in [1.807, 2.05) is 24.3 Å². The highest BCUT2D eigenvalue weighted by Crippen LogP contribution is 2.29. The molecule has 0 bridgehead atoms. The smallest absolute Gasteiger partial charge is 0.323 e. The van der Waals surface area contributed by atoms with E-state index in [2.05, 4.69) is 10.4 Å². The van der Waals surface area contributed by atoms with Gasteiger partial charge in [-0.25, -0.2) is 4.79 Å². The monoisotopic (exact) mass is 286 g/mol. The molecule has 0 saturated heterocycles. The quantitative estimate of drug-likeness (QED) is 0.880. The molecular weight excluding hydrogens is 268 g/mol. The Hall–Kier alpha value is -2.34. The van der Waals surface area contributed by atoms with Crippen LogP contribution in [0.4, 0.5) is 10.6 Å². The maximum atomic E-state index is 12.4. The number of aliphatic hydroxyl groups excluding tert-OH is 1. The van der Waals surface area contributed by atoms with Gasteiger partial charge in [-0.2, -0.15) is 5.10 Å². The number of urea groups is 1. The predicted molar refractivity (Wildman–Crippen MR) is 78.9 cm³/mol. The third-order valence-corrected chi connectivity index (χ3v) is 3.79. The summed E-state index contributed by atoms with van der Waals surface area (Å²) in [6.07, 6.45) is 2.56. The van der Waals surface area contributed by atoms with Gasteiger partial charge in [0.25, 0.3) is 0 Å². The Labute approximate surface area is 123 Å². The van der Waals surface area contributed by atoms with Gasteiger partial charge in [-0.3, -0.25) is 10.00 Å². The zero-order valence-electron chi connectivity index (χ0n) is 11.9. The third kappa shape index (κ3) is 2.62. The van der Waals surface area contributed by atoms with E-state index >= 15 is 0 Å². The SMILES string of the molecule is Cn1ccc(NC(=O)N2CCc3ccccc3C2CO)n1. The number of nitrogens with one attached hydrogen (secondary N) is 1. The summed E-state index contributed by atoms with van der Waals surface area (Å²) in [4.78, 5) is 14.1. The van der Waals surface area contributed by atoms with E-state index in [1.54, 1.807) is 28.9 Å². The van der Waals surface area contributed by atoms with Crippen LogP contribution in [0.15, 0.2) is 36.5 Å². The molecular formula is C15H18N4O2. The number of fused-ring (bicyclic) bond motifs is 1. The normalized spacial score (nSPS) is 17.4. The molecule has 0 saturated carbocycles. The number of aliphatic hydroxyl groups is 1. The second-order valence-corrected chi connectivity index (χ2v) is 5.15. The van der Waals surface area contributed by atoms with Crippen LogP contribution in [-0.4, -0.2) is 39.0 Å². The van der Waals surface area contributed by atoms with Crippen LogP contribution in [-0.2, 0) is 13.5 Å². The van der Waals surface area contributed by atoms with Crippen LogP contribution in [0, 0.1) is 0 Å². The Balaban J connectivity index is 1.80. The van der Waals surface area contributed by atoms with Gasteiger partial charge in [0.05, 0.1) is 12.6 Å². The largest absolute Gasteiger partial charge is 0.394 e. The topological polar surface area (TPSA) is 70.4 Å². The molecule has 1 atom stereocenters. The predicted octanol–water partition coefficient (Wildman–Crippen LogP) is 1.54. The summed E-state index contributed by atoms with van der Waals surface area (Å²) < 4.78 is 1.63. The van der Waals surface area contributed by atoms with E-state index in [1.165, 1.54) is 5.56 Å². The number of amides is 2. The van der Waals surface area contributed by atoms with E-state index in [0.717, 1.165) is 12.0 Å². The minimum absolute atomic E-state index is 0.0906. The number of nitrogens with zero attached hydrogens (tertiary/aromatic N) is 3. The Kier molecular flexibility index (Phi) is 3.62. The van der Waals surface area contributed by atoms with E-state index in [4.69, 9.17) is 0 Å². The van der Waals surface area contributed by atoms with Gasteiger partial charge >= 0.3 is 6.03 Å². The highest BCUT2D eigenvalue weighted by molar-refractivity contribution is 5.88. The first-order chi connectivity index (χ1) is 10.2. The standard InChI is InChI=1S/C15H18N4O2/c1-18-8-7-14(17-18)16-15(21)19-9-6-11-4-2-3-5-12(11)13(19)10-20/h2-5,7-8,13,20H,6,9-10H2,1H3,(H,16,17,21). The summed E-state index contributed by atoms with van der Waals surface area (Å²) in [5, 5.41) is 16.6. The van der Waals surface area contributed by atoms with Crippen molar-refractivity contribution in [3.8, 4) is 0 Å². The first kappa shape index (κ1) is 13.6. The summed E-state index contributed by atoms with van der Waals surface area (Å²) in [5.41, 5.74) is 2.21. The maximum Gasteiger partial charge on any atom is 0.323 e. The number of benzene rings is 1. The lowest BCUT2D eigenvalue weighted by Gasteiger charge is -2.36. The van der Waals surface area contributed by atoms with Crippen molar-refractivity contribution < 1.29 is 9.90 Å². The maximum absolute atomic E-state index is 12.4. The molecule has 1 aromatic heterocycles. The number of carbonyl (C=O) groups excluding carboxylic acids is 1. The molecule has 1 aliphatic heterocycles. The van der Waals surface area contributed by atoms with Gasteiger partial charge in [-0.1, -0.05) is 24.3 Å². The molecule has 2 aromatic rings. The first-order valence-electron chi connectivity index (χ1n) is 6.95. The molecule has 6 heteroatoms. The van der Waals surface area contributed by atoms with Gasteiger partial charge in [-0.15, -0.1) is 0 Å². The molecule has 110 valence electrons. The molecule has 0 radical (unpaired) electrons. The minimum Gasteiger partial charge on any atom is -0.394 e. The summed E-state index contributed by atoms with van der Waals surface area (Å²) in [6.45, 7) is 0.494. The Morgan fingerprint density at radius 2 is 2.24 bits per heavy atom. The van der Waals surface area contributed by atoms with Crippen LogP contribution >= 0.6 is 0 Å². The molecule has 1 unspecified atom stereocenters. The fourth-order valence-corrected chi connectivity index (χ4v) is 2.75. The van der Waals surface area contributed by atoms with Crippen LogP contribution in [0.5, 0.6) is 0 Å². The molecule has 1 aliphatic rings. The zero-order valence-corrected chi connectivity index (χ0v) is 11.9. The highest BCUT2D eigenvalue weighted by Gasteiger charge is 2.30. The third-order valence-electron chi connectivity index (χ3n) is 3.79. The fourth-order valence-electron chi connectivity index (χ4n) is 2.75. The van der Waals surface area contributed by atoms with Gasteiger partial charge in [0.15, 0.2) is 5.82 Å². The van der Waals surface area contributed by atoms with Crippen molar-refractivity contribution in [2.75, 3.05) is 18.5 Å². The molecule has 2 heterocycles. The number of aryl methyl sites for hydroxylation is 1. The number of anilines is 1. The second kappa shape index (κ2) is 5.57. The van der Waals surface area contributed by atoms with Crippen molar-refractivity contribution in [1.82, 2.24) is 14.7 Å². The summed E-state index contributed by atoms with van der Waals surface area (Å²) in [5.74, 6) is 0.512. The van der Waals surface area contributed by atoms with E-state index in [-0.39, 0.29) is 18.7 Å². The van der Waals surface area contributed by atoms with Crippen molar-refractivity contribution in [3.05, 3.63) is 47.7 Å². The second-order valence-electron chi connectivity index (χ2n) is 5.15. The van der Waals surface area contributed by atoms with Crippen LogP contribution in [0.1, 0.15) is 17.2 Å². The molecule has 2 amide bonds. The fraction of sp³-hybridized carbons (Fsp3) is 0.333. The summed E-state index contributed by atoms with van der Waals surface area (Å²) in [6, 6.07) is 9.13. The molecule has 21 heavy (non-hydrogen) atoms. The lowest BCUT2D eigenvalue weighted by molar-refractivity contribution is 0.135. The van der Waals surface area contributed by atoms with Crippen LogP contribution in [0.25, 0.3) is 0 Å². The average molecular weight is 286 g/mol. The lowest BCUT2D eigenvalue weighted by Crippen LogP contribution is -2.43. The molecule has 0 aliphatic carbocycles. The van der Waals surface area contributed by atoms with Crippen molar-refractivity contribution in [2.45, 2.75) is 12.5 Å². The van der Waals surface area contributed by atoms with Crippen molar-refractivity contribution >= 4 is 11.8 Å². The molecule has 3 rings (SSSR count). The first-order valence-corrected chi connectivity index (χ1v) is 6.95. The molecule has 0 fully saturated rings. The summed E-state index contributed by atoms with van der Waals surface area (Å²) in [7, 11) is 1.79. The molecule has 6 nitrogen and oxygen atoms in total. The summed E-state index contributed by atoms with van der Waals surface area (Å²) >= 11 is 0. The number of carbonyl (C=O) groups is 1.